The molecule has 2 N–H and O–H groups in total. The van der Waals surface area contributed by atoms with Crippen molar-refractivity contribution in [2.24, 2.45) is 0 Å². The Labute approximate surface area is 186 Å². The van der Waals surface area contributed by atoms with Crippen LogP contribution in [0.1, 0.15) is 30.0 Å². The van der Waals surface area contributed by atoms with Crippen molar-refractivity contribution in [2.75, 3.05) is 13.7 Å². The van der Waals surface area contributed by atoms with Crippen LogP contribution in [0.2, 0.25) is 0 Å². The van der Waals surface area contributed by atoms with Crippen molar-refractivity contribution in [1.82, 2.24) is 9.55 Å². The Morgan fingerprint density at radius 3 is 2.38 bits per heavy atom. The average molecular weight is 440 g/mol. The molecule has 2 aromatic carbocycles. The second-order valence-corrected chi connectivity index (χ2v) is 7.09. The van der Waals surface area contributed by atoms with Gasteiger partial charge in [0.25, 0.3) is 0 Å². The first kappa shape index (κ1) is 24.5. The molecule has 1 heterocycles. The number of rotatable bonds is 7. The number of nitrogens with zero attached hydrogens (tertiary/aromatic N) is 2. The van der Waals surface area contributed by atoms with Crippen LogP contribution in [0.4, 0.5) is 0 Å². The summed E-state index contributed by atoms with van der Waals surface area (Å²) in [5.41, 5.74) is 5.91. The lowest BCUT2D eigenvalue weighted by Gasteiger charge is -2.12. The van der Waals surface area contributed by atoms with E-state index >= 15 is 0 Å². The minimum Gasteiger partial charge on any atom is -0.493 e. The van der Waals surface area contributed by atoms with Crippen LogP contribution in [-0.4, -0.2) is 45.4 Å². The molecule has 0 aliphatic heterocycles. The smallest absolute Gasteiger partial charge is 0.414 e. The lowest BCUT2D eigenvalue weighted by molar-refractivity contribution is -0.159. The number of carbonyl (C=O) groups is 2. The Morgan fingerprint density at radius 1 is 1.06 bits per heavy atom. The van der Waals surface area contributed by atoms with Gasteiger partial charge in [0.05, 0.1) is 31.1 Å². The van der Waals surface area contributed by atoms with Gasteiger partial charge >= 0.3 is 11.9 Å². The van der Waals surface area contributed by atoms with Crippen LogP contribution in [0.3, 0.4) is 0 Å². The third kappa shape index (κ3) is 6.60. The zero-order valence-electron chi connectivity index (χ0n) is 18.7. The molecule has 0 aliphatic carbocycles. The number of imidazole rings is 1. The summed E-state index contributed by atoms with van der Waals surface area (Å²) in [6, 6.07) is 10.3. The summed E-state index contributed by atoms with van der Waals surface area (Å²) in [6.45, 7) is 7.76. The van der Waals surface area contributed by atoms with Crippen molar-refractivity contribution in [3.8, 4) is 11.5 Å². The molecule has 0 radical (unpaired) electrons. The minimum absolute atomic E-state index is 0.629. The van der Waals surface area contributed by atoms with E-state index in [4.69, 9.17) is 29.3 Å². The van der Waals surface area contributed by atoms with Crippen molar-refractivity contribution in [2.45, 2.75) is 33.7 Å². The van der Waals surface area contributed by atoms with E-state index in [2.05, 4.69) is 35.5 Å². The number of aliphatic carboxylic acids is 2. The quantitative estimate of drug-likeness (QED) is 0.416. The predicted molar refractivity (Wildman–Crippen MR) is 122 cm³/mol. The summed E-state index contributed by atoms with van der Waals surface area (Å²) >= 11 is 0. The molecule has 0 atom stereocenters. The molecule has 0 spiro atoms. The second-order valence-electron chi connectivity index (χ2n) is 7.09. The number of carboxylic acids is 2. The van der Waals surface area contributed by atoms with Gasteiger partial charge < -0.3 is 24.3 Å². The van der Waals surface area contributed by atoms with Crippen molar-refractivity contribution < 1.29 is 29.3 Å². The molecule has 3 aromatic rings. The fourth-order valence-electron chi connectivity index (χ4n) is 3.01. The molecule has 0 bridgehead atoms. The first-order valence-corrected chi connectivity index (χ1v) is 10.1. The highest BCUT2D eigenvalue weighted by atomic mass is 16.5. The van der Waals surface area contributed by atoms with Gasteiger partial charge in [0, 0.05) is 6.54 Å². The molecule has 8 nitrogen and oxygen atoms in total. The molecule has 32 heavy (non-hydrogen) atoms. The van der Waals surface area contributed by atoms with Crippen LogP contribution in [0, 0.1) is 13.8 Å². The molecule has 1 aromatic heterocycles. The maximum atomic E-state index is 9.10. The average Bonchev–Trinajstić information content (AvgIpc) is 3.14. The van der Waals surface area contributed by atoms with E-state index in [-0.39, 0.29) is 0 Å². The maximum absolute atomic E-state index is 9.10. The summed E-state index contributed by atoms with van der Waals surface area (Å²) < 4.78 is 13.6. The summed E-state index contributed by atoms with van der Waals surface area (Å²) in [5, 5.41) is 14.8. The Kier molecular flexibility index (Phi) is 8.83. The molecular formula is C24H28N2O6. The molecule has 3 rings (SSSR count). The lowest BCUT2D eigenvalue weighted by atomic mass is 10.1. The fourth-order valence-corrected chi connectivity index (χ4v) is 3.01. The van der Waals surface area contributed by atoms with Crippen LogP contribution in [0.15, 0.2) is 42.7 Å². The van der Waals surface area contributed by atoms with E-state index in [0.717, 1.165) is 35.5 Å². The highest BCUT2D eigenvalue weighted by Gasteiger charge is 2.07. The summed E-state index contributed by atoms with van der Waals surface area (Å²) in [7, 11) is 1.67. The van der Waals surface area contributed by atoms with Gasteiger partial charge in [-0.1, -0.05) is 18.2 Å². The molecule has 0 fully saturated rings. The van der Waals surface area contributed by atoms with E-state index in [0.29, 0.717) is 6.61 Å². The number of hydrogen-bond acceptors (Lipinski definition) is 5. The highest BCUT2D eigenvalue weighted by Crippen LogP contribution is 2.28. The summed E-state index contributed by atoms with van der Waals surface area (Å²) in [4.78, 5) is 22.7. The standard InChI is InChI=1S/C22H26N2O2.C2H2O4/c1-5-7-18-8-9-21(22(14-18)25-4)26-11-6-10-24-15-23-19-12-16(2)17(3)13-20(19)24;3-1(4)2(5)6/h5,7-9,12-15H,6,10-11H2,1-4H3;(H,3,4)(H,5,6). The van der Waals surface area contributed by atoms with Crippen LogP contribution < -0.4 is 9.47 Å². The van der Waals surface area contributed by atoms with Gasteiger partial charge in [-0.2, -0.15) is 0 Å². The third-order valence-electron chi connectivity index (χ3n) is 4.77. The van der Waals surface area contributed by atoms with E-state index < -0.39 is 11.9 Å². The normalized spacial score (nSPS) is 10.6. The molecule has 170 valence electrons. The topological polar surface area (TPSA) is 111 Å². The zero-order valence-corrected chi connectivity index (χ0v) is 18.7. The Bertz CT molecular complexity index is 1110. The van der Waals surface area contributed by atoms with Gasteiger partial charge in [-0.05, 0) is 68.1 Å². The van der Waals surface area contributed by atoms with Gasteiger partial charge in [-0.15, -0.1) is 0 Å². The highest BCUT2D eigenvalue weighted by molar-refractivity contribution is 6.27. The summed E-state index contributed by atoms with van der Waals surface area (Å²) in [6.07, 6.45) is 6.86. The first-order valence-electron chi connectivity index (χ1n) is 10.1. The molecular weight excluding hydrogens is 412 g/mol. The predicted octanol–water partition coefficient (Wildman–Crippen LogP) is 4.32. The number of allylic oxidation sites excluding steroid dienone is 1. The van der Waals surface area contributed by atoms with E-state index in [9.17, 15) is 0 Å². The number of aromatic nitrogens is 2. The number of ether oxygens (including phenoxy) is 2. The first-order chi connectivity index (χ1) is 15.3. The van der Waals surface area contributed by atoms with Gasteiger partial charge in [0.2, 0.25) is 0 Å². The zero-order chi connectivity index (χ0) is 23.7. The number of methoxy groups -OCH3 is 1. The molecule has 0 saturated carbocycles. The van der Waals surface area contributed by atoms with E-state index in [1.807, 2.05) is 43.6 Å². The molecule has 0 unspecified atom stereocenters. The van der Waals surface area contributed by atoms with Gasteiger partial charge in [0.15, 0.2) is 11.5 Å². The Balaban J connectivity index is 0.000000534. The van der Waals surface area contributed by atoms with Crippen molar-refractivity contribution in [3.05, 3.63) is 59.4 Å². The monoisotopic (exact) mass is 440 g/mol. The molecule has 8 heteroatoms. The van der Waals surface area contributed by atoms with Crippen molar-refractivity contribution in [1.29, 1.82) is 0 Å². The van der Waals surface area contributed by atoms with Crippen molar-refractivity contribution >= 4 is 29.0 Å². The number of benzene rings is 2. The minimum atomic E-state index is -1.82. The largest absolute Gasteiger partial charge is 0.493 e. The van der Waals surface area contributed by atoms with E-state index in [1.165, 1.54) is 16.6 Å². The number of carboxylic acid groups (broad SMARTS) is 2. The Hall–Kier alpha value is -3.81. The number of hydrogen-bond donors (Lipinski definition) is 2. The van der Waals surface area contributed by atoms with E-state index in [1.54, 1.807) is 7.11 Å². The second kappa shape index (κ2) is 11.5. The van der Waals surface area contributed by atoms with Crippen LogP contribution in [0.25, 0.3) is 17.1 Å². The molecule has 0 amide bonds. The van der Waals surface area contributed by atoms with Crippen LogP contribution in [0.5, 0.6) is 11.5 Å². The molecule has 0 aliphatic rings. The Morgan fingerprint density at radius 2 is 1.75 bits per heavy atom. The summed E-state index contributed by atoms with van der Waals surface area (Å²) in [5.74, 6) is -2.10. The lowest BCUT2D eigenvalue weighted by Crippen LogP contribution is -2.09. The van der Waals surface area contributed by atoms with Crippen LogP contribution in [-0.2, 0) is 16.1 Å². The van der Waals surface area contributed by atoms with Gasteiger partial charge in [0.1, 0.15) is 0 Å². The van der Waals surface area contributed by atoms with Crippen molar-refractivity contribution in [3.63, 3.8) is 0 Å². The molecule has 0 saturated heterocycles. The maximum Gasteiger partial charge on any atom is 0.414 e. The fraction of sp³-hybridized carbons (Fsp3) is 0.292. The SMILES string of the molecule is CC=Cc1ccc(OCCCn2cnc3cc(C)c(C)cc32)c(OC)c1.O=C(O)C(=O)O. The third-order valence-corrected chi connectivity index (χ3v) is 4.77. The van der Waals surface area contributed by atoms with Gasteiger partial charge in [-0.3, -0.25) is 0 Å². The van der Waals surface area contributed by atoms with Gasteiger partial charge in [-0.25, -0.2) is 14.6 Å². The van der Waals surface area contributed by atoms with Crippen LogP contribution >= 0.6 is 0 Å². The number of fused-ring (bicyclic) bond motifs is 1. The number of aryl methyl sites for hydroxylation is 3.